The second kappa shape index (κ2) is 4.29. The molecule has 0 aliphatic carbocycles. The zero-order valence-corrected chi connectivity index (χ0v) is 9.99. The van der Waals surface area contributed by atoms with E-state index in [4.69, 9.17) is 5.11 Å². The summed E-state index contributed by atoms with van der Waals surface area (Å²) in [6.07, 6.45) is 0.557. The van der Waals surface area contributed by atoms with E-state index in [1.807, 2.05) is 6.92 Å². The molecule has 0 saturated carbocycles. The van der Waals surface area contributed by atoms with Crippen LogP contribution in [0.5, 0.6) is 0 Å². The second-order valence-corrected chi connectivity index (χ2v) is 4.99. The van der Waals surface area contributed by atoms with Crippen molar-refractivity contribution in [1.82, 2.24) is 0 Å². The van der Waals surface area contributed by atoms with Crippen LogP contribution in [0.4, 0.5) is 5.69 Å². The fraction of sp³-hybridized carbons (Fsp3) is 0.364. The number of rotatable bonds is 2. The van der Waals surface area contributed by atoms with Gasteiger partial charge in [0.2, 0.25) is 11.8 Å². The summed E-state index contributed by atoms with van der Waals surface area (Å²) in [5.74, 6) is -1.74. The molecule has 1 fully saturated rings. The lowest BCUT2D eigenvalue weighted by atomic mass is 9.97. The van der Waals surface area contributed by atoms with Crippen LogP contribution in [0.25, 0.3) is 0 Å². The highest BCUT2D eigenvalue weighted by atomic mass is 32.1. The first-order valence-corrected chi connectivity index (χ1v) is 6.05. The Hall–Kier alpha value is -1.69. The van der Waals surface area contributed by atoms with Gasteiger partial charge in [0.25, 0.3) is 0 Å². The average Bonchev–Trinajstić information content (AvgIpc) is 2.64. The van der Waals surface area contributed by atoms with Crippen molar-refractivity contribution in [2.45, 2.75) is 19.8 Å². The van der Waals surface area contributed by atoms with E-state index in [0.29, 0.717) is 0 Å². The van der Waals surface area contributed by atoms with E-state index in [2.05, 4.69) is 0 Å². The van der Waals surface area contributed by atoms with Crippen LogP contribution in [0, 0.1) is 5.92 Å². The number of imide groups is 1. The third-order valence-electron chi connectivity index (χ3n) is 2.62. The van der Waals surface area contributed by atoms with Crippen molar-refractivity contribution < 1.29 is 19.5 Å². The maximum Gasteiger partial charge on any atom is 0.348 e. The van der Waals surface area contributed by atoms with Crippen LogP contribution in [0.2, 0.25) is 0 Å². The van der Waals surface area contributed by atoms with Crippen LogP contribution in [0.3, 0.4) is 0 Å². The summed E-state index contributed by atoms with van der Waals surface area (Å²) in [5, 5.41) is 10.5. The number of piperidine rings is 1. The molecular weight excluding hydrogens is 242 g/mol. The Morgan fingerprint density at radius 2 is 2.00 bits per heavy atom. The Bertz CT molecular complexity index is 475. The van der Waals surface area contributed by atoms with E-state index in [0.717, 1.165) is 16.2 Å². The summed E-state index contributed by atoms with van der Waals surface area (Å²) in [6, 6.07) is 1.50. The number of anilines is 1. The van der Waals surface area contributed by atoms with Crippen molar-refractivity contribution >= 4 is 34.8 Å². The van der Waals surface area contributed by atoms with E-state index in [9.17, 15) is 14.4 Å². The van der Waals surface area contributed by atoms with Crippen molar-refractivity contribution in [1.29, 1.82) is 0 Å². The predicted octanol–water partition coefficient (Wildman–Crippen LogP) is 1.74. The third-order valence-corrected chi connectivity index (χ3v) is 3.52. The van der Waals surface area contributed by atoms with E-state index in [1.54, 1.807) is 5.38 Å². The number of carboxylic acid groups (broad SMARTS) is 1. The molecule has 2 heterocycles. The minimum atomic E-state index is -1.12. The van der Waals surface area contributed by atoms with Crippen molar-refractivity contribution in [3.05, 3.63) is 16.3 Å². The van der Waals surface area contributed by atoms with Crippen molar-refractivity contribution in [2.24, 2.45) is 5.92 Å². The number of amides is 2. The summed E-state index contributed by atoms with van der Waals surface area (Å²) in [4.78, 5) is 35.6. The number of carboxylic acids is 1. The molecule has 5 nitrogen and oxygen atoms in total. The lowest BCUT2D eigenvalue weighted by molar-refractivity contribution is -0.130. The highest BCUT2D eigenvalue weighted by molar-refractivity contribution is 7.12. The Morgan fingerprint density at radius 1 is 1.41 bits per heavy atom. The van der Waals surface area contributed by atoms with Gasteiger partial charge in [0.1, 0.15) is 4.88 Å². The normalized spacial score (nSPS) is 17.6. The zero-order chi connectivity index (χ0) is 12.6. The quantitative estimate of drug-likeness (QED) is 0.814. The molecule has 0 radical (unpaired) electrons. The molecule has 0 unspecified atom stereocenters. The van der Waals surface area contributed by atoms with Gasteiger partial charge < -0.3 is 5.11 Å². The van der Waals surface area contributed by atoms with E-state index in [-0.39, 0.29) is 41.1 Å². The van der Waals surface area contributed by atoms with Crippen LogP contribution in [0.1, 0.15) is 29.4 Å². The largest absolute Gasteiger partial charge is 0.477 e. The summed E-state index contributed by atoms with van der Waals surface area (Å²) in [6.45, 7) is 1.83. The first-order chi connectivity index (χ1) is 8.00. The zero-order valence-electron chi connectivity index (χ0n) is 9.17. The van der Waals surface area contributed by atoms with Gasteiger partial charge in [-0.2, -0.15) is 0 Å². The number of thiophene rings is 1. The van der Waals surface area contributed by atoms with Crippen LogP contribution < -0.4 is 4.90 Å². The minimum absolute atomic E-state index is 0.0261. The van der Waals surface area contributed by atoms with Gasteiger partial charge >= 0.3 is 5.97 Å². The molecule has 6 heteroatoms. The fourth-order valence-corrected chi connectivity index (χ4v) is 2.61. The fourth-order valence-electron chi connectivity index (χ4n) is 1.90. The van der Waals surface area contributed by atoms with Crippen LogP contribution >= 0.6 is 11.3 Å². The predicted molar refractivity (Wildman–Crippen MR) is 62.2 cm³/mol. The number of hydrogen-bond acceptors (Lipinski definition) is 4. The topological polar surface area (TPSA) is 74.7 Å². The van der Waals surface area contributed by atoms with Crippen molar-refractivity contribution in [3.8, 4) is 0 Å². The number of carbonyl (C=O) groups excluding carboxylic acids is 2. The maximum atomic E-state index is 11.8. The highest BCUT2D eigenvalue weighted by Crippen LogP contribution is 2.31. The number of hydrogen-bond donors (Lipinski definition) is 1. The molecule has 1 aliphatic rings. The molecule has 2 amide bonds. The van der Waals surface area contributed by atoms with Gasteiger partial charge in [0.05, 0.1) is 5.69 Å². The first kappa shape index (κ1) is 11.8. The monoisotopic (exact) mass is 253 g/mol. The molecule has 0 aromatic carbocycles. The van der Waals surface area contributed by atoms with Crippen LogP contribution in [-0.2, 0) is 9.59 Å². The molecule has 0 spiro atoms. The van der Waals surface area contributed by atoms with E-state index >= 15 is 0 Å². The first-order valence-electron chi connectivity index (χ1n) is 5.17. The van der Waals surface area contributed by atoms with E-state index in [1.165, 1.54) is 6.07 Å². The minimum Gasteiger partial charge on any atom is -0.477 e. The second-order valence-electron chi connectivity index (χ2n) is 4.08. The van der Waals surface area contributed by atoms with Gasteiger partial charge in [-0.25, -0.2) is 9.69 Å². The molecule has 0 bridgehead atoms. The van der Waals surface area contributed by atoms with Gasteiger partial charge in [0.15, 0.2) is 0 Å². The molecule has 1 aromatic rings. The summed E-state index contributed by atoms with van der Waals surface area (Å²) in [7, 11) is 0. The molecular formula is C11H11NO4S. The number of carbonyl (C=O) groups is 3. The van der Waals surface area contributed by atoms with Gasteiger partial charge in [-0.15, -0.1) is 11.3 Å². The molecule has 2 rings (SSSR count). The highest BCUT2D eigenvalue weighted by Gasteiger charge is 2.34. The maximum absolute atomic E-state index is 11.8. The lowest BCUT2D eigenvalue weighted by Crippen LogP contribution is -2.43. The summed E-state index contributed by atoms with van der Waals surface area (Å²) >= 11 is 1.01. The number of aromatic carboxylic acids is 1. The van der Waals surface area contributed by atoms with Gasteiger partial charge in [-0.3, -0.25) is 9.59 Å². The molecule has 1 saturated heterocycles. The lowest BCUT2D eigenvalue weighted by Gasteiger charge is -2.27. The van der Waals surface area contributed by atoms with E-state index < -0.39 is 5.97 Å². The Balaban J connectivity index is 2.39. The summed E-state index contributed by atoms with van der Waals surface area (Å²) < 4.78 is 0. The molecule has 90 valence electrons. The Morgan fingerprint density at radius 3 is 2.53 bits per heavy atom. The SMILES string of the molecule is CC1CC(=O)N(c2ccsc2C(=O)O)C(=O)C1. The smallest absolute Gasteiger partial charge is 0.348 e. The van der Waals surface area contributed by atoms with Gasteiger partial charge in [0, 0.05) is 12.8 Å². The molecule has 0 atom stereocenters. The van der Waals surface area contributed by atoms with Crippen LogP contribution in [0.15, 0.2) is 11.4 Å². The van der Waals surface area contributed by atoms with Crippen molar-refractivity contribution in [2.75, 3.05) is 4.90 Å². The Labute approximate surface area is 102 Å². The van der Waals surface area contributed by atoms with Gasteiger partial charge in [-0.1, -0.05) is 6.92 Å². The molecule has 1 N–H and O–H groups in total. The van der Waals surface area contributed by atoms with Crippen molar-refractivity contribution in [3.63, 3.8) is 0 Å². The average molecular weight is 253 g/mol. The van der Waals surface area contributed by atoms with Gasteiger partial charge in [-0.05, 0) is 17.4 Å². The molecule has 1 aliphatic heterocycles. The Kier molecular flexibility index (Phi) is 2.97. The number of nitrogens with zero attached hydrogens (tertiary/aromatic N) is 1. The summed E-state index contributed by atoms with van der Waals surface area (Å²) in [5.41, 5.74) is 0.199. The molecule has 17 heavy (non-hydrogen) atoms. The van der Waals surface area contributed by atoms with Crippen LogP contribution in [-0.4, -0.2) is 22.9 Å². The standard InChI is InChI=1S/C11H11NO4S/c1-6-4-8(13)12(9(14)5-6)7-2-3-17-10(7)11(15)16/h2-3,6H,4-5H2,1H3,(H,15,16). The third kappa shape index (κ3) is 2.08. The molecule has 1 aromatic heterocycles.